The van der Waals surface area contributed by atoms with Gasteiger partial charge in [0.2, 0.25) is 0 Å². The summed E-state index contributed by atoms with van der Waals surface area (Å²) in [5.41, 5.74) is 8.30. The molecular weight excluding hydrogens is 334 g/mol. The molecule has 0 amide bonds. The number of nitro groups is 1. The highest BCUT2D eigenvalue weighted by Crippen LogP contribution is 2.39. The molecule has 0 radical (unpaired) electrons. The van der Waals surface area contributed by atoms with Crippen LogP contribution >= 0.6 is 15.9 Å². The van der Waals surface area contributed by atoms with E-state index in [-0.39, 0.29) is 16.7 Å². The Labute approximate surface area is 131 Å². The molecule has 0 bridgehead atoms. The second-order valence-electron chi connectivity index (χ2n) is 5.49. The summed E-state index contributed by atoms with van der Waals surface area (Å²) in [5, 5.41) is 11.0. The van der Waals surface area contributed by atoms with Crippen molar-refractivity contribution in [2.75, 3.05) is 0 Å². The number of rotatable bonds is 5. The average molecular weight is 350 g/mol. The average Bonchev–Trinajstić information content (AvgIpc) is 3.20. The zero-order chi connectivity index (χ0) is 15.0. The van der Waals surface area contributed by atoms with Crippen LogP contribution in [0.3, 0.4) is 0 Å². The number of nitrogens with zero attached hydrogens (tertiary/aromatic N) is 2. The van der Waals surface area contributed by atoms with Gasteiger partial charge in [-0.1, -0.05) is 12.1 Å². The number of hydrogen-bond acceptors (Lipinski definition) is 3. The van der Waals surface area contributed by atoms with Gasteiger partial charge in [-0.25, -0.2) is 0 Å². The second kappa shape index (κ2) is 5.61. The Balaban J connectivity index is 1.80. The summed E-state index contributed by atoms with van der Waals surface area (Å²) in [6.07, 6.45) is 6.43. The molecule has 1 saturated carbocycles. The smallest absolute Gasteiger partial charge is 0.283 e. The van der Waals surface area contributed by atoms with Crippen LogP contribution in [-0.2, 0) is 6.54 Å². The molecule has 0 saturated heterocycles. The summed E-state index contributed by atoms with van der Waals surface area (Å²) < 4.78 is 2.55. The van der Waals surface area contributed by atoms with Crippen molar-refractivity contribution in [3.8, 4) is 0 Å². The third-order valence-corrected chi connectivity index (χ3v) is 4.81. The number of halogens is 1. The van der Waals surface area contributed by atoms with Crippen LogP contribution in [0.4, 0.5) is 5.69 Å². The molecule has 1 atom stereocenters. The quantitative estimate of drug-likeness (QED) is 0.661. The highest BCUT2D eigenvalue weighted by Gasteiger charge is 2.29. The van der Waals surface area contributed by atoms with Gasteiger partial charge in [0, 0.05) is 31.0 Å². The van der Waals surface area contributed by atoms with Gasteiger partial charge in [-0.05, 0) is 51.9 Å². The highest BCUT2D eigenvalue weighted by molar-refractivity contribution is 9.10. The van der Waals surface area contributed by atoms with Gasteiger partial charge in [-0.3, -0.25) is 10.1 Å². The molecule has 1 unspecified atom stereocenters. The summed E-state index contributed by atoms with van der Waals surface area (Å²) in [6, 6.07) is 7.24. The maximum Gasteiger partial charge on any atom is 0.283 e. The maximum absolute atomic E-state index is 11.0. The van der Waals surface area contributed by atoms with Crippen molar-refractivity contribution in [1.82, 2.24) is 4.57 Å². The van der Waals surface area contributed by atoms with E-state index in [9.17, 15) is 10.1 Å². The summed E-state index contributed by atoms with van der Waals surface area (Å²) >= 11 is 3.33. The van der Waals surface area contributed by atoms with E-state index in [0.29, 0.717) is 16.9 Å². The molecule has 1 aliphatic rings. The van der Waals surface area contributed by atoms with Crippen molar-refractivity contribution in [1.29, 1.82) is 0 Å². The molecular formula is C15H16BrN3O2. The Kier molecular flexibility index (Phi) is 3.82. The molecule has 1 fully saturated rings. The van der Waals surface area contributed by atoms with Crippen LogP contribution in [0.15, 0.2) is 41.1 Å². The Morgan fingerprint density at radius 3 is 2.86 bits per heavy atom. The summed E-state index contributed by atoms with van der Waals surface area (Å²) in [6.45, 7) is 0.583. The first kappa shape index (κ1) is 14.3. The monoisotopic (exact) mass is 349 g/mol. The molecule has 0 spiro atoms. The van der Waals surface area contributed by atoms with E-state index in [1.165, 1.54) is 18.9 Å². The van der Waals surface area contributed by atoms with Gasteiger partial charge in [-0.15, -0.1) is 0 Å². The zero-order valence-electron chi connectivity index (χ0n) is 11.4. The van der Waals surface area contributed by atoms with Gasteiger partial charge in [-0.2, -0.15) is 0 Å². The van der Waals surface area contributed by atoms with Crippen molar-refractivity contribution in [2.24, 2.45) is 11.7 Å². The first-order chi connectivity index (χ1) is 10.1. The second-order valence-corrected chi connectivity index (χ2v) is 6.28. The Bertz CT molecular complexity index is 679. The van der Waals surface area contributed by atoms with Gasteiger partial charge < -0.3 is 10.3 Å². The van der Waals surface area contributed by atoms with Crippen molar-refractivity contribution >= 4 is 21.6 Å². The van der Waals surface area contributed by atoms with Crippen LogP contribution in [0.2, 0.25) is 0 Å². The third kappa shape index (κ3) is 3.01. The first-order valence-corrected chi connectivity index (χ1v) is 7.68. The van der Waals surface area contributed by atoms with Crippen LogP contribution in [0.1, 0.15) is 30.0 Å². The number of nitrogens with two attached hydrogens (primary N) is 1. The van der Waals surface area contributed by atoms with Crippen LogP contribution < -0.4 is 5.73 Å². The number of hydrogen-bond donors (Lipinski definition) is 1. The van der Waals surface area contributed by atoms with E-state index in [1.54, 1.807) is 6.07 Å². The summed E-state index contributed by atoms with van der Waals surface area (Å²) in [5.74, 6) is 0.616. The number of aromatic nitrogens is 1. The lowest BCUT2D eigenvalue weighted by Gasteiger charge is -2.08. The molecule has 1 aromatic carbocycles. The Morgan fingerprint density at radius 2 is 2.19 bits per heavy atom. The van der Waals surface area contributed by atoms with Gasteiger partial charge in [0.05, 0.1) is 4.92 Å². The molecule has 6 heteroatoms. The molecule has 2 N–H and O–H groups in total. The minimum absolute atomic E-state index is 0.0922. The molecule has 5 nitrogen and oxygen atoms in total. The topological polar surface area (TPSA) is 74.1 Å². The van der Waals surface area contributed by atoms with E-state index in [1.807, 2.05) is 29.1 Å². The Morgan fingerprint density at radius 1 is 1.43 bits per heavy atom. The van der Waals surface area contributed by atoms with Crippen molar-refractivity contribution < 1.29 is 4.92 Å². The van der Waals surface area contributed by atoms with Crippen LogP contribution in [0.5, 0.6) is 0 Å². The predicted molar refractivity (Wildman–Crippen MR) is 84.0 cm³/mol. The van der Waals surface area contributed by atoms with Gasteiger partial charge in [0.1, 0.15) is 4.47 Å². The fourth-order valence-corrected chi connectivity index (χ4v) is 3.04. The number of benzene rings is 1. The molecule has 1 heterocycles. The fourth-order valence-electron chi connectivity index (χ4n) is 2.51. The summed E-state index contributed by atoms with van der Waals surface area (Å²) in [7, 11) is 0. The van der Waals surface area contributed by atoms with Crippen molar-refractivity contribution in [3.63, 3.8) is 0 Å². The minimum Gasteiger partial charge on any atom is -0.350 e. The third-order valence-electron chi connectivity index (χ3n) is 3.90. The fraction of sp³-hybridized carbons (Fsp3) is 0.333. The molecule has 0 aliphatic heterocycles. The van der Waals surface area contributed by atoms with E-state index < -0.39 is 0 Å². The van der Waals surface area contributed by atoms with Crippen molar-refractivity contribution in [3.05, 3.63) is 62.4 Å². The maximum atomic E-state index is 11.0. The predicted octanol–water partition coefficient (Wildman–Crippen LogP) is 3.62. The van der Waals surface area contributed by atoms with Gasteiger partial charge in [0.15, 0.2) is 0 Å². The molecule has 3 rings (SSSR count). The number of nitro benzene ring substituents is 1. The molecule has 1 aromatic heterocycles. The van der Waals surface area contributed by atoms with Gasteiger partial charge >= 0.3 is 0 Å². The zero-order valence-corrected chi connectivity index (χ0v) is 13.0. The van der Waals surface area contributed by atoms with Crippen molar-refractivity contribution in [2.45, 2.75) is 25.4 Å². The lowest BCUT2D eigenvalue weighted by Crippen LogP contribution is -2.11. The Hall–Kier alpha value is -1.66. The van der Waals surface area contributed by atoms with E-state index in [4.69, 9.17) is 5.73 Å². The highest BCUT2D eigenvalue weighted by atomic mass is 79.9. The lowest BCUT2D eigenvalue weighted by atomic mass is 10.1. The minimum atomic E-state index is -0.377. The van der Waals surface area contributed by atoms with Crippen LogP contribution in [0.25, 0.3) is 0 Å². The van der Waals surface area contributed by atoms with E-state index >= 15 is 0 Å². The van der Waals surface area contributed by atoms with Crippen LogP contribution in [-0.4, -0.2) is 9.49 Å². The van der Waals surface area contributed by atoms with E-state index in [2.05, 4.69) is 15.9 Å². The first-order valence-electron chi connectivity index (χ1n) is 6.89. The van der Waals surface area contributed by atoms with Crippen LogP contribution in [0, 0.1) is 16.0 Å². The van der Waals surface area contributed by atoms with Gasteiger partial charge in [0.25, 0.3) is 5.69 Å². The lowest BCUT2D eigenvalue weighted by molar-refractivity contribution is -0.385. The standard InChI is InChI=1S/C15H16BrN3O2/c16-14-11(2-1-3-13(14)19(20)21)8-18-7-6-12(9-18)15(17)10-4-5-10/h1-3,6-7,9-10,15H,4-5,8,17H2. The largest absolute Gasteiger partial charge is 0.350 e. The summed E-state index contributed by atoms with van der Waals surface area (Å²) in [4.78, 5) is 10.6. The normalized spacial score (nSPS) is 15.9. The molecule has 1 aliphatic carbocycles. The molecule has 2 aromatic rings. The molecule has 21 heavy (non-hydrogen) atoms. The van der Waals surface area contributed by atoms with E-state index in [0.717, 1.165) is 11.1 Å². The molecule has 110 valence electrons. The SMILES string of the molecule is NC(c1ccn(Cc2cccc([N+](=O)[O-])c2Br)c1)C1CC1.